The number of nitrogens with two attached hydrogens (primary N) is 1. The minimum absolute atomic E-state index is 0.0537. The highest BCUT2D eigenvalue weighted by molar-refractivity contribution is 14.1. The number of rotatable bonds is 9. The monoisotopic (exact) mass is 728 g/mol. The second kappa shape index (κ2) is 11.3. The standard InChI is InChI=1S/C28H37IN6O7S/c1-14-31-19-9-6-15(41-5)10-18(19)24(32-14)42-16-11-20(35(13-16)25(37)22(30)27(2,3)4)23(36)33-28(12-21(28)29)26(38)34-43(39,40)17-7-8-17/h6,9-10,16-17,20-22H,7-8,11-13,30H2,1-5H3,(H,33,36)(H,34,38)/t16-,20?,21-,22-,28-/m1/s1. The molecule has 2 aromatic rings. The van der Waals surface area contributed by atoms with Crippen LogP contribution in [0.2, 0.25) is 0 Å². The number of carbonyl (C=O) groups is 3. The van der Waals surface area contributed by atoms with Crippen LogP contribution in [-0.4, -0.2) is 87.6 Å². The summed E-state index contributed by atoms with van der Waals surface area (Å²) in [4.78, 5) is 51.0. The zero-order chi connectivity index (χ0) is 31.5. The van der Waals surface area contributed by atoms with Crippen molar-refractivity contribution in [3.63, 3.8) is 0 Å². The highest BCUT2D eigenvalue weighted by Gasteiger charge is 2.62. The molecular weight excluding hydrogens is 691 g/mol. The van der Waals surface area contributed by atoms with Gasteiger partial charge >= 0.3 is 0 Å². The summed E-state index contributed by atoms with van der Waals surface area (Å²) >= 11 is 2.02. The number of aromatic nitrogens is 2. The Hall–Kier alpha value is -2.79. The summed E-state index contributed by atoms with van der Waals surface area (Å²) < 4.78 is 38.4. The lowest BCUT2D eigenvalue weighted by Gasteiger charge is -2.33. The fraction of sp³-hybridized carbons (Fsp3) is 0.607. The second-order valence-corrected chi connectivity index (χ2v) is 16.1. The largest absolute Gasteiger partial charge is 0.497 e. The topological polar surface area (TPSA) is 183 Å². The van der Waals surface area contributed by atoms with Crippen molar-refractivity contribution in [3.05, 3.63) is 24.0 Å². The number of aryl methyl sites for hydroxylation is 1. The highest BCUT2D eigenvalue weighted by atomic mass is 127. The van der Waals surface area contributed by atoms with Gasteiger partial charge in [0.2, 0.25) is 27.7 Å². The molecule has 1 unspecified atom stereocenters. The van der Waals surface area contributed by atoms with E-state index in [0.717, 1.165) is 0 Å². The number of methoxy groups -OCH3 is 1. The summed E-state index contributed by atoms with van der Waals surface area (Å²) in [6.45, 7) is 7.30. The van der Waals surface area contributed by atoms with Gasteiger partial charge in [-0.05, 0) is 49.8 Å². The Morgan fingerprint density at radius 1 is 1.21 bits per heavy atom. The number of ether oxygens (including phenoxy) is 2. The van der Waals surface area contributed by atoms with E-state index in [2.05, 4.69) is 20.0 Å². The van der Waals surface area contributed by atoms with E-state index in [-0.39, 0.29) is 29.2 Å². The summed E-state index contributed by atoms with van der Waals surface area (Å²) in [7, 11) is -2.26. The molecule has 3 amide bonds. The van der Waals surface area contributed by atoms with E-state index in [1.165, 1.54) is 4.90 Å². The first-order valence-corrected chi connectivity index (χ1v) is 16.9. The maximum Gasteiger partial charge on any atom is 0.260 e. The van der Waals surface area contributed by atoms with Gasteiger partial charge in [0.1, 0.15) is 29.3 Å². The Morgan fingerprint density at radius 3 is 2.47 bits per heavy atom. The third-order valence-electron chi connectivity index (χ3n) is 8.13. The first-order chi connectivity index (χ1) is 20.1. The van der Waals surface area contributed by atoms with E-state index in [0.29, 0.717) is 35.3 Å². The molecule has 15 heteroatoms. The number of halogens is 1. The van der Waals surface area contributed by atoms with E-state index in [1.807, 2.05) is 43.4 Å². The van der Waals surface area contributed by atoms with E-state index in [9.17, 15) is 22.8 Å². The molecule has 1 saturated heterocycles. The number of sulfonamides is 1. The lowest BCUT2D eigenvalue weighted by atomic mass is 9.86. The van der Waals surface area contributed by atoms with Crippen molar-refractivity contribution in [1.82, 2.24) is 24.9 Å². The third kappa shape index (κ3) is 6.38. The normalized spacial score (nSPS) is 26.1. The highest BCUT2D eigenvalue weighted by Crippen LogP contribution is 2.44. The Morgan fingerprint density at radius 2 is 1.88 bits per heavy atom. The van der Waals surface area contributed by atoms with Gasteiger partial charge in [0.15, 0.2) is 0 Å². The van der Waals surface area contributed by atoms with Gasteiger partial charge in [-0.2, -0.15) is 4.98 Å². The number of hydrogen-bond donors (Lipinski definition) is 3. The average molecular weight is 729 g/mol. The first kappa shape index (κ1) is 31.6. The zero-order valence-corrected chi connectivity index (χ0v) is 27.7. The molecule has 4 N–H and O–H groups in total. The first-order valence-electron chi connectivity index (χ1n) is 14.1. The number of amides is 3. The molecule has 1 aromatic heterocycles. The van der Waals surface area contributed by atoms with Crippen molar-refractivity contribution < 1.29 is 32.3 Å². The third-order valence-corrected chi connectivity index (χ3v) is 11.5. The summed E-state index contributed by atoms with van der Waals surface area (Å²) in [5.74, 6) is -0.412. The predicted octanol–water partition coefficient (Wildman–Crippen LogP) is 1.34. The van der Waals surface area contributed by atoms with E-state index >= 15 is 0 Å². The van der Waals surface area contributed by atoms with Gasteiger partial charge in [-0.25, -0.2) is 13.4 Å². The van der Waals surface area contributed by atoms with Crippen LogP contribution in [0.4, 0.5) is 0 Å². The minimum atomic E-state index is -3.81. The van der Waals surface area contributed by atoms with Crippen molar-refractivity contribution in [1.29, 1.82) is 0 Å². The molecule has 2 heterocycles. The van der Waals surface area contributed by atoms with Crippen LogP contribution in [0.25, 0.3) is 10.9 Å². The van der Waals surface area contributed by atoms with Gasteiger partial charge in [0.25, 0.3) is 5.91 Å². The molecule has 43 heavy (non-hydrogen) atoms. The van der Waals surface area contributed by atoms with Crippen LogP contribution < -0.4 is 25.2 Å². The van der Waals surface area contributed by atoms with Crippen molar-refractivity contribution in [2.45, 2.75) is 86.3 Å². The second-order valence-electron chi connectivity index (χ2n) is 12.6. The van der Waals surface area contributed by atoms with Crippen molar-refractivity contribution in [2.75, 3.05) is 13.7 Å². The fourth-order valence-corrected chi connectivity index (χ4v) is 7.62. The lowest BCUT2D eigenvalue weighted by molar-refractivity contribution is -0.142. The summed E-state index contributed by atoms with van der Waals surface area (Å²) in [5.41, 5.74) is 5.01. The molecule has 3 fully saturated rings. The average Bonchev–Trinajstić information content (AvgIpc) is 3.84. The molecule has 0 bridgehead atoms. The van der Waals surface area contributed by atoms with E-state index in [1.54, 1.807) is 32.2 Å². The molecule has 0 spiro atoms. The van der Waals surface area contributed by atoms with E-state index in [4.69, 9.17) is 15.2 Å². The molecule has 1 aliphatic heterocycles. The zero-order valence-electron chi connectivity index (χ0n) is 24.7. The number of alkyl halides is 1. The van der Waals surface area contributed by atoms with Crippen LogP contribution in [0.1, 0.15) is 52.3 Å². The van der Waals surface area contributed by atoms with Crippen LogP contribution in [0, 0.1) is 12.3 Å². The van der Waals surface area contributed by atoms with Gasteiger partial charge in [0.05, 0.1) is 35.8 Å². The van der Waals surface area contributed by atoms with E-state index < -0.39 is 62.1 Å². The number of benzene rings is 1. The smallest absolute Gasteiger partial charge is 0.260 e. The predicted molar refractivity (Wildman–Crippen MR) is 166 cm³/mol. The summed E-state index contributed by atoms with van der Waals surface area (Å²) in [6, 6.07) is 3.41. The van der Waals surface area contributed by atoms with Crippen molar-refractivity contribution in [2.24, 2.45) is 11.1 Å². The molecule has 2 saturated carbocycles. The maximum absolute atomic E-state index is 13.8. The Labute approximate surface area is 264 Å². The maximum atomic E-state index is 13.8. The summed E-state index contributed by atoms with van der Waals surface area (Å²) in [5, 5.41) is 2.81. The molecule has 5 rings (SSSR count). The number of nitrogens with zero attached hydrogens (tertiary/aromatic N) is 3. The molecule has 1 aromatic carbocycles. The van der Waals surface area contributed by atoms with Gasteiger partial charge in [0, 0.05) is 10.3 Å². The summed E-state index contributed by atoms with van der Waals surface area (Å²) in [6.07, 6.45) is 0.732. The minimum Gasteiger partial charge on any atom is -0.497 e. The van der Waals surface area contributed by atoms with Gasteiger partial charge in [-0.1, -0.05) is 43.4 Å². The molecule has 13 nitrogen and oxygen atoms in total. The van der Waals surface area contributed by atoms with Crippen molar-refractivity contribution >= 4 is 61.2 Å². The SMILES string of the molecule is COc1ccc2nc(C)nc(O[C@@H]3CC(C(=O)N[C@]4(C(=O)NS(=O)(=O)C5CC5)C[C@H]4I)N(C(=O)[C@@H](N)C(C)(C)C)C3)c2c1. The number of carbonyl (C=O) groups excluding carboxylic acids is 3. The molecular formula is C28H37IN6O7S. The molecule has 234 valence electrons. The number of likely N-dealkylation sites (tertiary alicyclic amines) is 1. The Balaban J connectivity index is 1.41. The molecule has 2 aliphatic carbocycles. The molecule has 3 aliphatic rings. The number of fused-ring (bicyclic) bond motifs is 1. The Kier molecular flexibility index (Phi) is 8.30. The quantitative estimate of drug-likeness (QED) is 0.252. The lowest BCUT2D eigenvalue weighted by Crippen LogP contribution is -2.59. The van der Waals surface area contributed by atoms with Crippen LogP contribution in [0.5, 0.6) is 11.6 Å². The van der Waals surface area contributed by atoms with Gasteiger partial charge in [-0.15, -0.1) is 0 Å². The number of nitrogens with one attached hydrogen (secondary N) is 2. The van der Waals surface area contributed by atoms with Crippen molar-refractivity contribution in [3.8, 4) is 11.6 Å². The number of hydrogen-bond acceptors (Lipinski definition) is 10. The Bertz CT molecular complexity index is 1580. The molecule has 0 radical (unpaired) electrons. The van der Waals surface area contributed by atoms with Crippen LogP contribution in [0.3, 0.4) is 0 Å². The fourth-order valence-electron chi connectivity index (χ4n) is 5.12. The van der Waals surface area contributed by atoms with Crippen LogP contribution in [0.15, 0.2) is 18.2 Å². The van der Waals surface area contributed by atoms with Gasteiger partial charge < -0.3 is 25.4 Å². The molecule has 5 atom stereocenters. The van der Waals surface area contributed by atoms with Gasteiger partial charge in [-0.3, -0.25) is 19.1 Å². The van der Waals surface area contributed by atoms with Crippen LogP contribution >= 0.6 is 22.6 Å². The van der Waals surface area contributed by atoms with Crippen LogP contribution in [-0.2, 0) is 24.4 Å².